The van der Waals surface area contributed by atoms with Crippen molar-refractivity contribution in [2.75, 3.05) is 26.2 Å². The monoisotopic (exact) mass is 240 g/mol. The number of rotatable bonds is 7. The van der Waals surface area contributed by atoms with Gasteiger partial charge in [-0.1, -0.05) is 40.5 Å². The van der Waals surface area contributed by atoms with E-state index >= 15 is 0 Å². The second-order valence-corrected chi connectivity index (χ2v) is 5.73. The van der Waals surface area contributed by atoms with Gasteiger partial charge in [0.1, 0.15) is 0 Å². The summed E-state index contributed by atoms with van der Waals surface area (Å²) in [5.74, 6) is 1.74. The normalized spacial score (nSPS) is 25.8. The van der Waals surface area contributed by atoms with E-state index in [-0.39, 0.29) is 0 Å². The van der Waals surface area contributed by atoms with E-state index in [1.54, 1.807) is 0 Å². The number of hydrogen-bond donors (Lipinski definition) is 1. The Morgan fingerprint density at radius 2 is 2.06 bits per heavy atom. The minimum atomic E-state index is 0.681. The van der Waals surface area contributed by atoms with Gasteiger partial charge in [0, 0.05) is 19.1 Å². The molecule has 0 bridgehead atoms. The molecule has 3 unspecified atom stereocenters. The summed E-state index contributed by atoms with van der Waals surface area (Å²) < 4.78 is 0. The molecule has 0 aromatic heterocycles. The highest BCUT2D eigenvalue weighted by Crippen LogP contribution is 2.20. The minimum Gasteiger partial charge on any atom is -0.313 e. The van der Waals surface area contributed by atoms with Crippen molar-refractivity contribution in [3.63, 3.8) is 0 Å². The molecule has 17 heavy (non-hydrogen) atoms. The highest BCUT2D eigenvalue weighted by Gasteiger charge is 2.23. The Bertz CT molecular complexity index is 193. The summed E-state index contributed by atoms with van der Waals surface area (Å²) in [6, 6.07) is 0.681. The molecule has 0 amide bonds. The van der Waals surface area contributed by atoms with Crippen LogP contribution in [-0.2, 0) is 0 Å². The van der Waals surface area contributed by atoms with Gasteiger partial charge in [-0.15, -0.1) is 0 Å². The van der Waals surface area contributed by atoms with E-state index in [9.17, 15) is 0 Å². The van der Waals surface area contributed by atoms with Crippen LogP contribution in [0, 0.1) is 11.8 Å². The van der Waals surface area contributed by atoms with Crippen LogP contribution in [-0.4, -0.2) is 37.1 Å². The van der Waals surface area contributed by atoms with Crippen LogP contribution >= 0.6 is 0 Å². The smallest absolute Gasteiger partial charge is 0.0220 e. The third kappa shape index (κ3) is 4.97. The van der Waals surface area contributed by atoms with Crippen molar-refractivity contribution in [3.8, 4) is 0 Å². The molecule has 0 aromatic rings. The first-order valence-electron chi connectivity index (χ1n) is 7.66. The first-order valence-corrected chi connectivity index (χ1v) is 7.66. The van der Waals surface area contributed by atoms with Gasteiger partial charge in [0.05, 0.1) is 0 Å². The minimum absolute atomic E-state index is 0.681. The summed E-state index contributed by atoms with van der Waals surface area (Å²) in [4.78, 5) is 2.69. The molecule has 0 aromatic carbocycles. The van der Waals surface area contributed by atoms with Crippen LogP contribution < -0.4 is 5.32 Å². The third-order valence-electron chi connectivity index (χ3n) is 4.43. The number of nitrogens with zero attached hydrogens (tertiary/aromatic N) is 1. The topological polar surface area (TPSA) is 15.3 Å². The van der Waals surface area contributed by atoms with E-state index in [2.05, 4.69) is 37.9 Å². The summed E-state index contributed by atoms with van der Waals surface area (Å²) in [5.41, 5.74) is 0. The van der Waals surface area contributed by atoms with Gasteiger partial charge in [-0.3, -0.25) is 0 Å². The fraction of sp³-hybridized carbons (Fsp3) is 1.00. The second-order valence-electron chi connectivity index (χ2n) is 5.73. The predicted octanol–water partition coefficient (Wildman–Crippen LogP) is 3.13. The summed E-state index contributed by atoms with van der Waals surface area (Å²) in [6.45, 7) is 14.2. The molecule has 0 radical (unpaired) electrons. The summed E-state index contributed by atoms with van der Waals surface area (Å²) in [7, 11) is 0. The van der Waals surface area contributed by atoms with Crippen molar-refractivity contribution >= 4 is 0 Å². The quantitative estimate of drug-likeness (QED) is 0.735. The van der Waals surface area contributed by atoms with Crippen molar-refractivity contribution in [2.45, 2.75) is 59.4 Å². The maximum absolute atomic E-state index is 3.67. The molecule has 0 spiro atoms. The van der Waals surface area contributed by atoms with Gasteiger partial charge in [0.25, 0.3) is 0 Å². The maximum Gasteiger partial charge on any atom is 0.0220 e. The number of nitrogens with one attached hydrogen (secondary N) is 1. The van der Waals surface area contributed by atoms with Crippen molar-refractivity contribution in [1.82, 2.24) is 10.2 Å². The van der Waals surface area contributed by atoms with E-state index in [1.165, 1.54) is 45.3 Å². The van der Waals surface area contributed by atoms with Gasteiger partial charge in [-0.25, -0.2) is 0 Å². The molecular weight excluding hydrogens is 208 g/mol. The zero-order valence-corrected chi connectivity index (χ0v) is 12.3. The van der Waals surface area contributed by atoms with Crippen LogP contribution in [0.2, 0.25) is 0 Å². The molecule has 2 heteroatoms. The fourth-order valence-corrected chi connectivity index (χ4v) is 2.92. The molecule has 0 aliphatic carbocycles. The Kier molecular flexibility index (Phi) is 7.14. The maximum atomic E-state index is 3.67. The summed E-state index contributed by atoms with van der Waals surface area (Å²) >= 11 is 0. The fourth-order valence-electron chi connectivity index (χ4n) is 2.92. The molecule has 2 nitrogen and oxygen atoms in total. The van der Waals surface area contributed by atoms with Crippen LogP contribution in [0.25, 0.3) is 0 Å². The lowest BCUT2D eigenvalue weighted by atomic mass is 9.93. The molecule has 102 valence electrons. The molecule has 1 aliphatic rings. The van der Waals surface area contributed by atoms with Crippen molar-refractivity contribution in [1.29, 1.82) is 0 Å². The molecule has 1 aliphatic heterocycles. The highest BCUT2D eigenvalue weighted by molar-refractivity contribution is 4.80. The number of hydrogen-bond acceptors (Lipinski definition) is 2. The van der Waals surface area contributed by atoms with Crippen LogP contribution in [0.5, 0.6) is 0 Å². The zero-order valence-electron chi connectivity index (χ0n) is 12.3. The van der Waals surface area contributed by atoms with Crippen molar-refractivity contribution in [3.05, 3.63) is 0 Å². The second kappa shape index (κ2) is 8.10. The summed E-state index contributed by atoms with van der Waals surface area (Å²) in [5, 5.41) is 3.67. The molecule has 1 N–H and O–H groups in total. The van der Waals surface area contributed by atoms with E-state index in [1.807, 2.05) is 0 Å². The SMILES string of the molecule is CCNC(CN1CCCC(CC)C1)C(C)CC. The standard InChI is InChI=1S/C15H32N2/c1-5-13(4)15(16-7-3)12-17-10-8-9-14(6-2)11-17/h13-16H,5-12H2,1-4H3. The number of likely N-dealkylation sites (N-methyl/N-ethyl adjacent to an activating group) is 1. The average molecular weight is 240 g/mol. The Morgan fingerprint density at radius 1 is 1.29 bits per heavy atom. The van der Waals surface area contributed by atoms with Crippen molar-refractivity contribution < 1.29 is 0 Å². The van der Waals surface area contributed by atoms with Crippen LogP contribution in [0.4, 0.5) is 0 Å². The Hall–Kier alpha value is -0.0800. The Labute approximate surface area is 108 Å². The Balaban J connectivity index is 2.42. The van der Waals surface area contributed by atoms with Crippen molar-refractivity contribution in [2.24, 2.45) is 11.8 Å². The zero-order chi connectivity index (χ0) is 12.7. The van der Waals surface area contributed by atoms with E-state index < -0.39 is 0 Å². The molecule has 1 fully saturated rings. The first kappa shape index (κ1) is 15.0. The highest BCUT2D eigenvalue weighted by atomic mass is 15.2. The van der Waals surface area contributed by atoms with Gasteiger partial charge in [0.15, 0.2) is 0 Å². The van der Waals surface area contributed by atoms with Crippen LogP contribution in [0.3, 0.4) is 0 Å². The lowest BCUT2D eigenvalue weighted by Crippen LogP contribution is -2.47. The van der Waals surface area contributed by atoms with Gasteiger partial charge < -0.3 is 10.2 Å². The van der Waals surface area contributed by atoms with Crippen LogP contribution in [0.15, 0.2) is 0 Å². The van der Waals surface area contributed by atoms with E-state index in [4.69, 9.17) is 0 Å². The predicted molar refractivity (Wildman–Crippen MR) is 76.4 cm³/mol. The first-order chi connectivity index (χ1) is 8.21. The Morgan fingerprint density at radius 3 is 2.65 bits per heavy atom. The molecule has 3 atom stereocenters. The number of piperidine rings is 1. The molecule has 1 rings (SSSR count). The van der Waals surface area contributed by atoms with Gasteiger partial charge in [-0.2, -0.15) is 0 Å². The molecule has 1 saturated heterocycles. The third-order valence-corrected chi connectivity index (χ3v) is 4.43. The van der Waals surface area contributed by atoms with Crippen LogP contribution in [0.1, 0.15) is 53.4 Å². The lowest BCUT2D eigenvalue weighted by Gasteiger charge is -2.36. The average Bonchev–Trinajstić information content (AvgIpc) is 2.37. The van der Waals surface area contributed by atoms with Gasteiger partial charge in [-0.05, 0) is 37.8 Å². The molecule has 1 heterocycles. The lowest BCUT2D eigenvalue weighted by molar-refractivity contribution is 0.143. The van der Waals surface area contributed by atoms with E-state index in [0.717, 1.165) is 18.4 Å². The van der Waals surface area contributed by atoms with Gasteiger partial charge >= 0.3 is 0 Å². The van der Waals surface area contributed by atoms with Gasteiger partial charge in [0.2, 0.25) is 0 Å². The van der Waals surface area contributed by atoms with E-state index in [0.29, 0.717) is 6.04 Å². The largest absolute Gasteiger partial charge is 0.313 e. The number of likely N-dealkylation sites (tertiary alicyclic amines) is 1. The summed E-state index contributed by atoms with van der Waals surface area (Å²) in [6.07, 6.45) is 5.48. The molecular formula is C15H32N2. The molecule has 0 saturated carbocycles.